The highest BCUT2D eigenvalue weighted by Crippen LogP contribution is 2.31. The van der Waals surface area contributed by atoms with Crippen LogP contribution < -0.4 is 5.32 Å². The van der Waals surface area contributed by atoms with Crippen LogP contribution in [0.25, 0.3) is 0 Å². The Morgan fingerprint density at radius 1 is 1.56 bits per heavy atom. The van der Waals surface area contributed by atoms with Gasteiger partial charge in [0.2, 0.25) is 5.91 Å². The van der Waals surface area contributed by atoms with E-state index in [2.05, 4.69) is 4.74 Å². The van der Waals surface area contributed by atoms with E-state index >= 15 is 0 Å². The SMILES string of the molecule is CCOC(=O)CC1CC(C(F)(F)F)NC1=O. The number of esters is 1. The van der Waals surface area contributed by atoms with E-state index in [-0.39, 0.29) is 13.0 Å². The third kappa shape index (κ3) is 3.11. The fourth-order valence-electron chi connectivity index (χ4n) is 1.55. The normalized spacial score (nSPS) is 25.4. The Morgan fingerprint density at radius 3 is 2.62 bits per heavy atom. The molecule has 1 N–H and O–H groups in total. The summed E-state index contributed by atoms with van der Waals surface area (Å²) in [6.07, 6.45) is -5.16. The minimum atomic E-state index is -4.46. The Hall–Kier alpha value is -1.27. The molecule has 1 fully saturated rings. The molecule has 1 aliphatic rings. The van der Waals surface area contributed by atoms with E-state index in [0.717, 1.165) is 0 Å². The van der Waals surface area contributed by atoms with E-state index in [9.17, 15) is 22.8 Å². The second-order valence-electron chi connectivity index (χ2n) is 3.54. The first-order chi connectivity index (χ1) is 7.34. The quantitative estimate of drug-likeness (QED) is 0.748. The first-order valence-electron chi connectivity index (χ1n) is 4.87. The molecule has 4 nitrogen and oxygen atoms in total. The lowest BCUT2D eigenvalue weighted by atomic mass is 10.0. The van der Waals surface area contributed by atoms with E-state index < -0.39 is 36.4 Å². The number of ether oxygens (including phenoxy) is 1. The molecule has 0 aromatic rings. The van der Waals surface area contributed by atoms with Gasteiger partial charge in [-0.1, -0.05) is 0 Å². The lowest BCUT2D eigenvalue weighted by Gasteiger charge is -2.13. The van der Waals surface area contributed by atoms with Crippen LogP contribution in [0.5, 0.6) is 0 Å². The van der Waals surface area contributed by atoms with Crippen LogP contribution >= 0.6 is 0 Å². The van der Waals surface area contributed by atoms with Crippen molar-refractivity contribution >= 4 is 11.9 Å². The zero-order valence-corrected chi connectivity index (χ0v) is 8.63. The summed E-state index contributed by atoms with van der Waals surface area (Å²) >= 11 is 0. The van der Waals surface area contributed by atoms with Gasteiger partial charge < -0.3 is 10.1 Å². The van der Waals surface area contributed by atoms with Gasteiger partial charge in [-0.2, -0.15) is 13.2 Å². The molecule has 2 atom stereocenters. The molecule has 1 heterocycles. The number of nitrogens with one attached hydrogen (secondary N) is 1. The Labute approximate surface area is 90.1 Å². The van der Waals surface area contributed by atoms with E-state index in [0.29, 0.717) is 0 Å². The number of carbonyl (C=O) groups is 2. The van der Waals surface area contributed by atoms with Crippen molar-refractivity contribution in [2.75, 3.05) is 6.61 Å². The molecule has 1 amide bonds. The number of hydrogen-bond acceptors (Lipinski definition) is 3. The van der Waals surface area contributed by atoms with Crippen LogP contribution in [0, 0.1) is 5.92 Å². The van der Waals surface area contributed by atoms with Gasteiger partial charge in [0.05, 0.1) is 18.9 Å². The summed E-state index contributed by atoms with van der Waals surface area (Å²) in [6.45, 7) is 1.74. The number of hydrogen-bond donors (Lipinski definition) is 1. The van der Waals surface area contributed by atoms with Crippen molar-refractivity contribution < 1.29 is 27.5 Å². The van der Waals surface area contributed by atoms with Crippen molar-refractivity contribution in [3.8, 4) is 0 Å². The van der Waals surface area contributed by atoms with Crippen molar-refractivity contribution in [3.63, 3.8) is 0 Å². The fourth-order valence-corrected chi connectivity index (χ4v) is 1.55. The zero-order chi connectivity index (χ0) is 12.3. The highest BCUT2D eigenvalue weighted by molar-refractivity contribution is 5.85. The van der Waals surface area contributed by atoms with Gasteiger partial charge in [-0.3, -0.25) is 9.59 Å². The van der Waals surface area contributed by atoms with Crippen molar-refractivity contribution in [2.45, 2.75) is 32.0 Å². The predicted molar refractivity (Wildman–Crippen MR) is 47.3 cm³/mol. The van der Waals surface area contributed by atoms with Gasteiger partial charge in [-0.05, 0) is 13.3 Å². The van der Waals surface area contributed by atoms with Crippen LogP contribution in [-0.4, -0.2) is 30.7 Å². The van der Waals surface area contributed by atoms with Crippen LogP contribution in [0.15, 0.2) is 0 Å². The van der Waals surface area contributed by atoms with Crippen LogP contribution in [0.1, 0.15) is 19.8 Å². The maximum Gasteiger partial charge on any atom is 0.408 e. The predicted octanol–water partition coefficient (Wildman–Crippen LogP) is 1.01. The monoisotopic (exact) mass is 239 g/mol. The third-order valence-corrected chi connectivity index (χ3v) is 2.32. The minimum absolute atomic E-state index is 0.149. The lowest BCUT2D eigenvalue weighted by Crippen LogP contribution is -2.38. The molecule has 7 heteroatoms. The number of alkyl halides is 3. The smallest absolute Gasteiger partial charge is 0.408 e. The van der Waals surface area contributed by atoms with Crippen molar-refractivity contribution in [1.82, 2.24) is 5.32 Å². The van der Waals surface area contributed by atoms with Gasteiger partial charge in [-0.25, -0.2) is 0 Å². The number of halogens is 3. The van der Waals surface area contributed by atoms with E-state index in [1.54, 1.807) is 6.92 Å². The maximum atomic E-state index is 12.3. The Balaban J connectivity index is 2.52. The molecular formula is C9H12F3NO3. The third-order valence-electron chi connectivity index (χ3n) is 2.32. The Bertz CT molecular complexity index is 290. The number of rotatable bonds is 3. The minimum Gasteiger partial charge on any atom is -0.466 e. The number of carbonyl (C=O) groups excluding carboxylic acids is 2. The van der Waals surface area contributed by atoms with Crippen LogP contribution in [0.3, 0.4) is 0 Å². The molecule has 1 aliphatic heterocycles. The molecule has 1 saturated heterocycles. The lowest BCUT2D eigenvalue weighted by molar-refractivity contribution is -0.155. The molecule has 0 aromatic heterocycles. The highest BCUT2D eigenvalue weighted by atomic mass is 19.4. The first-order valence-corrected chi connectivity index (χ1v) is 4.87. The van der Waals surface area contributed by atoms with Crippen molar-refractivity contribution in [3.05, 3.63) is 0 Å². The standard InChI is InChI=1S/C9H12F3NO3/c1-2-16-7(14)4-5-3-6(9(10,11)12)13-8(5)15/h5-6H,2-4H2,1H3,(H,13,15). The van der Waals surface area contributed by atoms with Crippen LogP contribution in [-0.2, 0) is 14.3 Å². The average Bonchev–Trinajstić information content (AvgIpc) is 2.47. The molecule has 0 radical (unpaired) electrons. The molecule has 92 valence electrons. The van der Waals surface area contributed by atoms with Gasteiger partial charge in [0, 0.05) is 0 Å². The highest BCUT2D eigenvalue weighted by Gasteiger charge is 2.48. The van der Waals surface area contributed by atoms with Crippen molar-refractivity contribution in [1.29, 1.82) is 0 Å². The van der Waals surface area contributed by atoms with Gasteiger partial charge in [0.15, 0.2) is 0 Å². The largest absolute Gasteiger partial charge is 0.466 e. The Morgan fingerprint density at radius 2 is 2.19 bits per heavy atom. The van der Waals surface area contributed by atoms with Crippen LogP contribution in [0.4, 0.5) is 13.2 Å². The molecule has 0 saturated carbocycles. The first kappa shape index (κ1) is 12.8. The number of amides is 1. The molecular weight excluding hydrogens is 227 g/mol. The molecule has 0 bridgehead atoms. The summed E-state index contributed by atoms with van der Waals surface area (Å²) in [7, 11) is 0. The molecule has 2 unspecified atom stereocenters. The van der Waals surface area contributed by atoms with Gasteiger partial charge in [0.25, 0.3) is 0 Å². The fraction of sp³-hybridized carbons (Fsp3) is 0.778. The van der Waals surface area contributed by atoms with E-state index in [1.165, 1.54) is 0 Å². The average molecular weight is 239 g/mol. The van der Waals surface area contributed by atoms with Crippen LogP contribution in [0.2, 0.25) is 0 Å². The topological polar surface area (TPSA) is 55.4 Å². The summed E-state index contributed by atoms with van der Waals surface area (Å²) < 4.78 is 41.4. The summed E-state index contributed by atoms with van der Waals surface area (Å²) in [5.74, 6) is -2.33. The van der Waals surface area contributed by atoms with Crippen molar-refractivity contribution in [2.24, 2.45) is 5.92 Å². The van der Waals surface area contributed by atoms with E-state index in [4.69, 9.17) is 0 Å². The van der Waals surface area contributed by atoms with Gasteiger partial charge in [-0.15, -0.1) is 0 Å². The molecule has 1 rings (SSSR count). The molecule has 16 heavy (non-hydrogen) atoms. The molecule has 0 aliphatic carbocycles. The maximum absolute atomic E-state index is 12.3. The molecule has 0 aromatic carbocycles. The Kier molecular flexibility index (Phi) is 3.77. The van der Waals surface area contributed by atoms with E-state index in [1.807, 2.05) is 5.32 Å². The van der Waals surface area contributed by atoms with Gasteiger partial charge >= 0.3 is 12.1 Å². The summed E-state index contributed by atoms with van der Waals surface area (Å²) in [4.78, 5) is 22.2. The second-order valence-corrected chi connectivity index (χ2v) is 3.54. The van der Waals surface area contributed by atoms with Gasteiger partial charge in [0.1, 0.15) is 6.04 Å². The summed E-state index contributed by atoms with van der Waals surface area (Å²) in [6, 6.07) is -1.85. The zero-order valence-electron chi connectivity index (χ0n) is 8.63. The summed E-state index contributed by atoms with van der Waals surface area (Å²) in [5.41, 5.74) is 0. The second kappa shape index (κ2) is 4.71. The molecule has 0 spiro atoms. The summed E-state index contributed by atoms with van der Waals surface area (Å²) in [5, 5.41) is 1.82.